The lowest BCUT2D eigenvalue weighted by molar-refractivity contribution is -0.148. The zero-order valence-electron chi connectivity index (χ0n) is 14.8. The first-order chi connectivity index (χ1) is 12.6. The third kappa shape index (κ3) is 3.79. The van der Waals surface area contributed by atoms with Crippen LogP contribution >= 0.6 is 0 Å². The van der Waals surface area contributed by atoms with Crippen LogP contribution < -0.4 is 14.4 Å². The molecule has 136 valence electrons. The molecule has 0 N–H and O–H groups in total. The van der Waals surface area contributed by atoms with Crippen molar-refractivity contribution in [3.05, 3.63) is 54.1 Å². The summed E-state index contributed by atoms with van der Waals surface area (Å²) in [6, 6.07) is 14.7. The van der Waals surface area contributed by atoms with Gasteiger partial charge in [0.15, 0.2) is 6.61 Å². The van der Waals surface area contributed by atoms with Crippen LogP contribution in [-0.2, 0) is 20.7 Å². The van der Waals surface area contributed by atoms with Crippen molar-refractivity contribution in [2.45, 2.75) is 19.4 Å². The molecule has 2 aromatic carbocycles. The highest BCUT2D eigenvalue weighted by Gasteiger charge is 2.34. The zero-order chi connectivity index (χ0) is 18.5. The number of anilines is 1. The van der Waals surface area contributed by atoms with E-state index in [-0.39, 0.29) is 19.1 Å². The van der Waals surface area contributed by atoms with Crippen molar-refractivity contribution in [3.63, 3.8) is 0 Å². The SMILES string of the molecule is CCc1ccc(OCC(=O)N2C[C@@H](C(=O)OC)Oc3ccccc32)cc1. The monoisotopic (exact) mass is 355 g/mol. The summed E-state index contributed by atoms with van der Waals surface area (Å²) in [5.74, 6) is 0.319. The fourth-order valence-corrected chi connectivity index (χ4v) is 2.77. The summed E-state index contributed by atoms with van der Waals surface area (Å²) in [5, 5.41) is 0. The van der Waals surface area contributed by atoms with Crippen LogP contribution in [0.25, 0.3) is 0 Å². The average Bonchev–Trinajstić information content (AvgIpc) is 2.70. The zero-order valence-corrected chi connectivity index (χ0v) is 14.8. The molecule has 1 aliphatic heterocycles. The summed E-state index contributed by atoms with van der Waals surface area (Å²) in [4.78, 5) is 26.1. The van der Waals surface area contributed by atoms with Gasteiger partial charge in [0.25, 0.3) is 5.91 Å². The summed E-state index contributed by atoms with van der Waals surface area (Å²) in [6.07, 6.45) is 0.0845. The molecular weight excluding hydrogens is 334 g/mol. The number of carbonyl (C=O) groups is 2. The molecule has 0 aromatic heterocycles. The molecule has 0 aliphatic carbocycles. The Morgan fingerprint density at radius 1 is 1.15 bits per heavy atom. The topological polar surface area (TPSA) is 65.1 Å². The van der Waals surface area contributed by atoms with Gasteiger partial charge in [-0.1, -0.05) is 31.2 Å². The summed E-state index contributed by atoms with van der Waals surface area (Å²) < 4.78 is 16.0. The maximum absolute atomic E-state index is 12.7. The highest BCUT2D eigenvalue weighted by atomic mass is 16.6. The van der Waals surface area contributed by atoms with Gasteiger partial charge in [-0.3, -0.25) is 4.79 Å². The van der Waals surface area contributed by atoms with Crippen LogP contribution in [0.4, 0.5) is 5.69 Å². The number of benzene rings is 2. The number of hydrogen-bond donors (Lipinski definition) is 0. The van der Waals surface area contributed by atoms with E-state index in [4.69, 9.17) is 14.2 Å². The minimum atomic E-state index is -0.859. The van der Waals surface area contributed by atoms with E-state index in [1.54, 1.807) is 18.2 Å². The summed E-state index contributed by atoms with van der Waals surface area (Å²) in [7, 11) is 1.29. The third-order valence-electron chi connectivity index (χ3n) is 4.23. The molecule has 0 unspecified atom stereocenters. The Morgan fingerprint density at radius 3 is 2.58 bits per heavy atom. The summed E-state index contributed by atoms with van der Waals surface area (Å²) in [6.45, 7) is 2.03. The lowest BCUT2D eigenvalue weighted by Crippen LogP contribution is -2.48. The molecule has 3 rings (SSSR count). The van der Waals surface area contributed by atoms with Crippen LogP contribution in [0.15, 0.2) is 48.5 Å². The molecule has 1 atom stereocenters. The van der Waals surface area contributed by atoms with Crippen LogP contribution in [0.2, 0.25) is 0 Å². The number of carbonyl (C=O) groups excluding carboxylic acids is 2. The number of methoxy groups -OCH3 is 1. The van der Waals surface area contributed by atoms with Gasteiger partial charge in [0.05, 0.1) is 19.3 Å². The van der Waals surface area contributed by atoms with Gasteiger partial charge in [-0.25, -0.2) is 4.79 Å². The maximum Gasteiger partial charge on any atom is 0.348 e. The Bertz CT molecular complexity index is 787. The molecule has 6 nitrogen and oxygen atoms in total. The number of aryl methyl sites for hydroxylation is 1. The smallest absolute Gasteiger partial charge is 0.348 e. The van der Waals surface area contributed by atoms with E-state index in [9.17, 15) is 9.59 Å². The predicted molar refractivity (Wildman–Crippen MR) is 96.5 cm³/mol. The quantitative estimate of drug-likeness (QED) is 0.772. The lowest BCUT2D eigenvalue weighted by atomic mass is 10.2. The van der Waals surface area contributed by atoms with Crippen LogP contribution in [-0.4, -0.2) is 38.2 Å². The number of fused-ring (bicyclic) bond motifs is 1. The highest BCUT2D eigenvalue weighted by molar-refractivity contribution is 5.97. The van der Waals surface area contributed by atoms with Crippen LogP contribution in [0, 0.1) is 0 Å². The van der Waals surface area contributed by atoms with E-state index in [0.717, 1.165) is 6.42 Å². The molecule has 0 saturated carbocycles. The van der Waals surface area contributed by atoms with Crippen molar-refractivity contribution in [1.29, 1.82) is 0 Å². The van der Waals surface area contributed by atoms with Gasteiger partial charge in [0.1, 0.15) is 11.5 Å². The number of amides is 1. The number of hydrogen-bond acceptors (Lipinski definition) is 5. The first-order valence-electron chi connectivity index (χ1n) is 8.48. The minimum absolute atomic E-state index is 0.0840. The second-order valence-corrected chi connectivity index (χ2v) is 5.89. The van der Waals surface area contributed by atoms with Crippen LogP contribution in [0.5, 0.6) is 11.5 Å². The van der Waals surface area contributed by atoms with Gasteiger partial charge in [0.2, 0.25) is 6.10 Å². The second-order valence-electron chi connectivity index (χ2n) is 5.89. The molecular formula is C20H21NO5. The van der Waals surface area contributed by atoms with Crippen molar-refractivity contribution >= 4 is 17.6 Å². The van der Waals surface area contributed by atoms with Crippen LogP contribution in [0.1, 0.15) is 12.5 Å². The third-order valence-corrected chi connectivity index (χ3v) is 4.23. The van der Waals surface area contributed by atoms with Crippen molar-refractivity contribution in [3.8, 4) is 11.5 Å². The molecule has 1 aliphatic rings. The Kier molecular flexibility index (Phi) is 5.41. The van der Waals surface area contributed by atoms with Gasteiger partial charge in [-0.05, 0) is 36.2 Å². The highest BCUT2D eigenvalue weighted by Crippen LogP contribution is 2.33. The molecule has 0 radical (unpaired) electrons. The molecule has 1 amide bonds. The number of esters is 1. The molecule has 0 saturated heterocycles. The lowest BCUT2D eigenvalue weighted by Gasteiger charge is -2.33. The van der Waals surface area contributed by atoms with Gasteiger partial charge >= 0.3 is 5.97 Å². The summed E-state index contributed by atoms with van der Waals surface area (Å²) in [5.41, 5.74) is 1.81. The van der Waals surface area contributed by atoms with E-state index in [1.807, 2.05) is 30.3 Å². The number of nitrogens with zero attached hydrogens (tertiary/aromatic N) is 1. The number of para-hydroxylation sites is 2. The van der Waals surface area contributed by atoms with E-state index in [0.29, 0.717) is 17.2 Å². The molecule has 0 fully saturated rings. The Labute approximate surface area is 152 Å². The van der Waals surface area contributed by atoms with Crippen molar-refractivity contribution in [1.82, 2.24) is 0 Å². The van der Waals surface area contributed by atoms with Gasteiger partial charge < -0.3 is 19.1 Å². The van der Waals surface area contributed by atoms with Gasteiger partial charge in [-0.15, -0.1) is 0 Å². The standard InChI is InChI=1S/C20H21NO5/c1-3-14-8-10-15(11-9-14)25-13-19(22)21-12-18(20(23)24-2)26-17-7-5-4-6-16(17)21/h4-11,18H,3,12-13H2,1-2H3/t18-/m0/s1. The average molecular weight is 355 g/mol. The molecule has 0 bridgehead atoms. The number of rotatable bonds is 5. The molecule has 26 heavy (non-hydrogen) atoms. The first kappa shape index (κ1) is 17.8. The van der Waals surface area contributed by atoms with Crippen molar-refractivity contribution in [2.75, 3.05) is 25.2 Å². The summed E-state index contributed by atoms with van der Waals surface area (Å²) >= 11 is 0. The fraction of sp³-hybridized carbons (Fsp3) is 0.300. The molecule has 1 heterocycles. The number of ether oxygens (including phenoxy) is 3. The van der Waals surface area contributed by atoms with E-state index in [2.05, 4.69) is 6.92 Å². The molecule has 0 spiro atoms. The predicted octanol–water partition coefficient (Wildman–Crippen LogP) is 2.60. The van der Waals surface area contributed by atoms with E-state index >= 15 is 0 Å². The van der Waals surface area contributed by atoms with Crippen molar-refractivity contribution < 1.29 is 23.8 Å². The second kappa shape index (κ2) is 7.91. The van der Waals surface area contributed by atoms with Gasteiger partial charge in [0, 0.05) is 0 Å². The van der Waals surface area contributed by atoms with Crippen LogP contribution in [0.3, 0.4) is 0 Å². The normalized spacial score (nSPS) is 15.6. The van der Waals surface area contributed by atoms with Crippen molar-refractivity contribution in [2.24, 2.45) is 0 Å². The van der Waals surface area contributed by atoms with E-state index in [1.165, 1.54) is 17.6 Å². The fourth-order valence-electron chi connectivity index (χ4n) is 2.77. The molecule has 2 aromatic rings. The Hall–Kier alpha value is -3.02. The maximum atomic E-state index is 12.7. The van der Waals surface area contributed by atoms with Gasteiger partial charge in [-0.2, -0.15) is 0 Å². The van der Waals surface area contributed by atoms with E-state index < -0.39 is 12.1 Å². The Balaban J connectivity index is 1.73. The Morgan fingerprint density at radius 2 is 1.88 bits per heavy atom. The first-order valence-corrected chi connectivity index (χ1v) is 8.48. The molecule has 6 heteroatoms. The largest absolute Gasteiger partial charge is 0.484 e. The minimum Gasteiger partial charge on any atom is -0.484 e.